The Labute approximate surface area is 209 Å². The largest absolute Gasteiger partial charge is 0.275 e. The van der Waals surface area contributed by atoms with E-state index in [9.17, 15) is 9.59 Å². The smallest absolute Gasteiger partial charge is 0.253 e. The Morgan fingerprint density at radius 1 is 0.829 bits per heavy atom. The van der Waals surface area contributed by atoms with Crippen molar-refractivity contribution in [2.75, 3.05) is 6.54 Å². The van der Waals surface area contributed by atoms with E-state index in [0.717, 1.165) is 50.4 Å². The van der Waals surface area contributed by atoms with Crippen LogP contribution in [0.3, 0.4) is 0 Å². The molecule has 0 radical (unpaired) electrons. The monoisotopic (exact) mass is 489 g/mol. The van der Waals surface area contributed by atoms with Gasteiger partial charge in [-0.1, -0.05) is 27.7 Å². The van der Waals surface area contributed by atoms with E-state index in [1.54, 1.807) is 6.92 Å². The number of carbonyl (C=O) groups excluding carboxylic acids is 2. The molecule has 0 spiro atoms. The highest BCUT2D eigenvalue weighted by molar-refractivity contribution is 6.12. The van der Waals surface area contributed by atoms with Crippen molar-refractivity contribution in [3.8, 4) is 0 Å². The molecule has 1 aliphatic heterocycles. The van der Waals surface area contributed by atoms with E-state index in [1.807, 2.05) is 0 Å². The first-order chi connectivity index (χ1) is 16.2. The lowest BCUT2D eigenvalue weighted by Crippen LogP contribution is -2.62. The van der Waals surface area contributed by atoms with Crippen LogP contribution in [-0.4, -0.2) is 40.2 Å². The molecule has 0 saturated heterocycles. The molecule has 0 aromatic rings. The molecule has 7 aliphatic rings. The van der Waals surface area contributed by atoms with Crippen LogP contribution in [0.25, 0.3) is 0 Å². The lowest BCUT2D eigenvalue weighted by molar-refractivity contribution is -0.557. The molecule has 0 aromatic heterocycles. The Balaban J connectivity index is 1.28. The molecule has 196 valence electrons. The minimum Gasteiger partial charge on any atom is -0.275 e. The van der Waals surface area contributed by atoms with E-state index in [4.69, 9.17) is 19.6 Å². The highest BCUT2D eigenvalue weighted by Crippen LogP contribution is 2.65. The molecule has 6 unspecified atom stereocenters. The molecule has 2 amide bonds. The summed E-state index contributed by atoms with van der Waals surface area (Å²) in [4.78, 5) is 50.1. The average Bonchev–Trinajstić information content (AvgIpc) is 3.12. The van der Waals surface area contributed by atoms with Gasteiger partial charge in [0.1, 0.15) is 11.2 Å². The van der Waals surface area contributed by atoms with Crippen molar-refractivity contribution in [1.82, 2.24) is 4.90 Å². The van der Waals surface area contributed by atoms with Crippen molar-refractivity contribution < 1.29 is 29.1 Å². The third kappa shape index (κ3) is 4.01. The Kier molecular flexibility index (Phi) is 5.88. The summed E-state index contributed by atoms with van der Waals surface area (Å²) in [6, 6.07) is 0. The Hall–Kier alpha value is -1.28. The summed E-state index contributed by atoms with van der Waals surface area (Å²) in [5.41, 5.74) is -0.374. The van der Waals surface area contributed by atoms with Crippen molar-refractivity contribution in [1.29, 1.82) is 0 Å². The molecule has 6 saturated carbocycles. The fourth-order valence-corrected chi connectivity index (χ4v) is 7.98. The molecule has 7 nitrogen and oxygen atoms in total. The highest BCUT2D eigenvalue weighted by atomic mass is 17.3. The zero-order chi connectivity index (χ0) is 25.4. The van der Waals surface area contributed by atoms with Crippen LogP contribution in [0.4, 0.5) is 0 Å². The van der Waals surface area contributed by atoms with Crippen LogP contribution < -0.4 is 0 Å². The number of imide groups is 1. The molecule has 6 fully saturated rings. The lowest BCUT2D eigenvalue weighted by atomic mass is 9.44. The minimum absolute atomic E-state index is 0.162. The fraction of sp³-hybridized carbons (Fsp3) is 0.857. The second kappa shape index (κ2) is 8.11. The molecule has 0 N–H and O–H groups in total. The molecule has 1 heterocycles. The number of hydrogen-bond donors (Lipinski definition) is 0. The summed E-state index contributed by atoms with van der Waals surface area (Å²) in [7, 11) is 0. The summed E-state index contributed by atoms with van der Waals surface area (Å²) >= 11 is 0. The predicted molar refractivity (Wildman–Crippen MR) is 129 cm³/mol. The zero-order valence-electron chi connectivity index (χ0n) is 22.5. The van der Waals surface area contributed by atoms with Gasteiger partial charge in [-0.25, -0.2) is 9.78 Å². The predicted octanol–water partition coefficient (Wildman–Crippen LogP) is 5.34. The van der Waals surface area contributed by atoms with Gasteiger partial charge in [-0.05, 0) is 93.8 Å². The molecular weight excluding hydrogens is 446 g/mol. The number of rotatable bonds is 9. The maximum absolute atomic E-state index is 12.1. The zero-order valence-corrected chi connectivity index (χ0v) is 22.5. The second-order valence-corrected chi connectivity index (χ2v) is 13.7. The Morgan fingerprint density at radius 2 is 1.26 bits per heavy atom. The van der Waals surface area contributed by atoms with Gasteiger partial charge < -0.3 is 0 Å². The number of nitrogens with zero attached hydrogens (tertiary/aromatic N) is 1. The van der Waals surface area contributed by atoms with Crippen molar-refractivity contribution in [3.05, 3.63) is 12.2 Å². The van der Waals surface area contributed by atoms with Gasteiger partial charge in [0.2, 0.25) is 5.79 Å². The lowest BCUT2D eigenvalue weighted by Gasteiger charge is -2.63. The van der Waals surface area contributed by atoms with Crippen LogP contribution in [0.1, 0.15) is 93.4 Å². The molecule has 6 atom stereocenters. The number of fused-ring (bicyclic) bond motifs is 4. The molecule has 4 bridgehead atoms. The van der Waals surface area contributed by atoms with Crippen LogP contribution in [0.2, 0.25) is 0 Å². The number of hydrogen-bond acceptors (Lipinski definition) is 6. The minimum atomic E-state index is -1.27. The topological polar surface area (TPSA) is 74.3 Å². The van der Waals surface area contributed by atoms with Crippen LogP contribution in [0, 0.1) is 34.5 Å². The molecule has 0 aromatic carbocycles. The third-order valence-corrected chi connectivity index (χ3v) is 10.9. The summed E-state index contributed by atoms with van der Waals surface area (Å²) in [6.45, 7) is 15.5. The van der Waals surface area contributed by atoms with Crippen LogP contribution in [0.5, 0.6) is 0 Å². The van der Waals surface area contributed by atoms with E-state index >= 15 is 0 Å². The van der Waals surface area contributed by atoms with E-state index < -0.39 is 17.0 Å². The standard InChI is InChI=1S/C28H43NO6/c1-24(2)18-10-12-26(5,20(24)16-18)32-34-28(7,14-15-29-22(30)8-9-23(29)31)35-33-27(6)13-11-19-17-21(27)25(19,3)4/h8-9,18-21H,10-17H2,1-7H3. The van der Waals surface area contributed by atoms with Gasteiger partial charge in [-0.3, -0.25) is 14.5 Å². The normalized spacial score (nSPS) is 42.4. The van der Waals surface area contributed by atoms with Crippen molar-refractivity contribution in [2.24, 2.45) is 34.5 Å². The quantitative estimate of drug-likeness (QED) is 0.188. The van der Waals surface area contributed by atoms with Gasteiger partial charge in [0.05, 0.1) is 0 Å². The third-order valence-electron chi connectivity index (χ3n) is 10.9. The summed E-state index contributed by atoms with van der Waals surface area (Å²) in [5.74, 6) is 0.405. The van der Waals surface area contributed by atoms with Crippen molar-refractivity contribution in [3.63, 3.8) is 0 Å². The first-order valence-electron chi connectivity index (χ1n) is 13.5. The summed E-state index contributed by atoms with van der Waals surface area (Å²) in [5, 5.41) is 0. The van der Waals surface area contributed by atoms with E-state index in [-0.39, 0.29) is 35.6 Å². The van der Waals surface area contributed by atoms with Gasteiger partial charge in [0, 0.05) is 25.1 Å². The van der Waals surface area contributed by atoms with Crippen LogP contribution in [0.15, 0.2) is 12.2 Å². The van der Waals surface area contributed by atoms with Crippen LogP contribution in [-0.2, 0) is 29.1 Å². The maximum atomic E-state index is 12.1. The first-order valence-corrected chi connectivity index (χ1v) is 13.5. The van der Waals surface area contributed by atoms with Gasteiger partial charge in [-0.15, -0.1) is 0 Å². The van der Waals surface area contributed by atoms with Crippen molar-refractivity contribution >= 4 is 11.8 Å². The highest BCUT2D eigenvalue weighted by Gasteiger charge is 2.62. The van der Waals surface area contributed by atoms with Crippen LogP contribution >= 0.6 is 0 Å². The van der Waals surface area contributed by atoms with E-state index in [0.29, 0.717) is 11.8 Å². The molecule has 35 heavy (non-hydrogen) atoms. The van der Waals surface area contributed by atoms with Crippen molar-refractivity contribution in [2.45, 2.75) is 110 Å². The van der Waals surface area contributed by atoms with Gasteiger partial charge in [0.15, 0.2) is 0 Å². The summed E-state index contributed by atoms with van der Waals surface area (Å²) < 4.78 is 0. The second-order valence-electron chi connectivity index (χ2n) is 13.7. The number of carbonyl (C=O) groups is 2. The summed E-state index contributed by atoms with van der Waals surface area (Å²) in [6.07, 6.45) is 9.25. The first kappa shape index (κ1) is 25.4. The van der Waals surface area contributed by atoms with E-state index in [1.165, 1.54) is 17.1 Å². The molecule has 7 heteroatoms. The molecule has 6 aliphatic carbocycles. The van der Waals surface area contributed by atoms with Gasteiger partial charge >= 0.3 is 0 Å². The molecule has 7 rings (SSSR count). The maximum Gasteiger partial charge on any atom is 0.253 e. The molecular formula is C28H43NO6. The fourth-order valence-electron chi connectivity index (χ4n) is 7.98. The Morgan fingerprint density at radius 3 is 1.63 bits per heavy atom. The van der Waals surface area contributed by atoms with Gasteiger partial charge in [-0.2, -0.15) is 9.78 Å². The average molecular weight is 490 g/mol. The SMILES string of the molecule is CC(CCN1C(=O)C=CC1=O)(OOC1(C)CCC2CC1C2(C)C)OOC1(C)CCC2CC1C2(C)C. The Bertz CT molecular complexity index is 856. The van der Waals surface area contributed by atoms with Gasteiger partial charge in [0.25, 0.3) is 11.8 Å². The van der Waals surface area contributed by atoms with E-state index in [2.05, 4.69) is 41.5 Å². The number of amides is 2.